The molecular weight excluding hydrogens is 372 g/mol. The van der Waals surface area contributed by atoms with Crippen molar-refractivity contribution in [3.63, 3.8) is 0 Å². The lowest BCUT2D eigenvalue weighted by molar-refractivity contribution is -0.124. The summed E-state index contributed by atoms with van der Waals surface area (Å²) in [4.78, 5) is 14.7. The van der Waals surface area contributed by atoms with Crippen molar-refractivity contribution < 1.29 is 9.53 Å². The third kappa shape index (κ3) is 5.71. The van der Waals surface area contributed by atoms with E-state index in [1.165, 1.54) is 11.1 Å². The average molecular weight is 401 g/mol. The highest BCUT2D eigenvalue weighted by molar-refractivity contribution is 5.77. The number of carbonyl (C=O) groups excluding carboxylic acids is 1. The second-order valence-electron chi connectivity index (χ2n) is 7.78. The number of nitrogens with zero attached hydrogens (tertiary/aromatic N) is 1. The Bertz CT molecular complexity index is 918. The molecule has 1 aliphatic heterocycles. The molecule has 0 radical (unpaired) electrons. The molecule has 1 N–H and O–H groups in total. The Hall–Kier alpha value is -3.11. The standard InChI is InChI=1S/C26H28N2O2/c29-26(20-30-25-13-11-23(12-14-25)22-9-5-2-6-10-22)27-24-15-17-28(18-16-24)19-21-7-3-1-4-8-21/h1-14,24H,15-20H2,(H,27,29). The first-order valence-corrected chi connectivity index (χ1v) is 10.6. The Morgan fingerprint density at radius 2 is 1.43 bits per heavy atom. The van der Waals surface area contributed by atoms with Gasteiger partial charge in [0, 0.05) is 25.7 Å². The van der Waals surface area contributed by atoms with Crippen molar-refractivity contribution in [2.75, 3.05) is 19.7 Å². The lowest BCUT2D eigenvalue weighted by Crippen LogP contribution is -2.45. The Labute approximate surface area is 178 Å². The highest BCUT2D eigenvalue weighted by atomic mass is 16.5. The molecule has 4 nitrogen and oxygen atoms in total. The van der Waals surface area contributed by atoms with Crippen LogP contribution in [0.2, 0.25) is 0 Å². The molecule has 0 aromatic heterocycles. The number of rotatable bonds is 7. The van der Waals surface area contributed by atoms with Gasteiger partial charge in [-0.05, 0) is 41.7 Å². The fraction of sp³-hybridized carbons (Fsp3) is 0.269. The van der Waals surface area contributed by atoms with Crippen molar-refractivity contribution >= 4 is 5.91 Å². The number of piperidine rings is 1. The maximum Gasteiger partial charge on any atom is 0.258 e. The summed E-state index contributed by atoms with van der Waals surface area (Å²) in [5, 5.41) is 3.12. The Morgan fingerprint density at radius 1 is 0.833 bits per heavy atom. The summed E-state index contributed by atoms with van der Waals surface area (Å²) in [6, 6.07) is 28.8. The van der Waals surface area contributed by atoms with Gasteiger partial charge >= 0.3 is 0 Å². The molecule has 0 unspecified atom stereocenters. The Kier molecular flexibility index (Phi) is 6.78. The Morgan fingerprint density at radius 3 is 2.10 bits per heavy atom. The van der Waals surface area contributed by atoms with Crippen molar-refractivity contribution in [3.05, 3.63) is 90.5 Å². The fourth-order valence-corrected chi connectivity index (χ4v) is 3.87. The second kappa shape index (κ2) is 10.1. The van der Waals surface area contributed by atoms with Crippen LogP contribution in [0.15, 0.2) is 84.9 Å². The fourth-order valence-electron chi connectivity index (χ4n) is 3.87. The third-order valence-electron chi connectivity index (χ3n) is 5.53. The summed E-state index contributed by atoms with van der Waals surface area (Å²) in [5.74, 6) is 0.658. The van der Waals surface area contributed by atoms with Crippen LogP contribution < -0.4 is 10.1 Å². The normalized spacial score (nSPS) is 14.9. The average Bonchev–Trinajstić information content (AvgIpc) is 2.81. The molecule has 1 saturated heterocycles. The molecule has 0 spiro atoms. The van der Waals surface area contributed by atoms with Gasteiger partial charge in [-0.3, -0.25) is 9.69 Å². The monoisotopic (exact) mass is 400 g/mol. The SMILES string of the molecule is O=C(COc1ccc(-c2ccccc2)cc1)NC1CCN(Cc2ccccc2)CC1. The minimum absolute atomic E-state index is 0.0505. The number of amides is 1. The summed E-state index contributed by atoms with van der Waals surface area (Å²) in [6.45, 7) is 3.03. The minimum Gasteiger partial charge on any atom is -0.484 e. The van der Waals surface area contributed by atoms with E-state index < -0.39 is 0 Å². The molecule has 1 amide bonds. The minimum atomic E-state index is -0.0522. The van der Waals surface area contributed by atoms with Gasteiger partial charge in [0.1, 0.15) is 5.75 Å². The van der Waals surface area contributed by atoms with Crippen LogP contribution in [0.4, 0.5) is 0 Å². The van der Waals surface area contributed by atoms with E-state index in [2.05, 4.69) is 46.6 Å². The van der Waals surface area contributed by atoms with Crippen LogP contribution in [0.3, 0.4) is 0 Å². The van der Waals surface area contributed by atoms with E-state index in [1.54, 1.807) is 0 Å². The van der Waals surface area contributed by atoms with E-state index in [4.69, 9.17) is 4.74 Å². The molecule has 3 aromatic rings. The largest absolute Gasteiger partial charge is 0.484 e. The summed E-state index contributed by atoms with van der Waals surface area (Å²) < 4.78 is 5.68. The van der Waals surface area contributed by atoms with Crippen LogP contribution in [-0.4, -0.2) is 36.5 Å². The van der Waals surface area contributed by atoms with Gasteiger partial charge in [-0.15, -0.1) is 0 Å². The van der Waals surface area contributed by atoms with Gasteiger partial charge in [-0.25, -0.2) is 0 Å². The molecular formula is C26H28N2O2. The van der Waals surface area contributed by atoms with Crippen LogP contribution in [0.1, 0.15) is 18.4 Å². The molecule has 30 heavy (non-hydrogen) atoms. The lowest BCUT2D eigenvalue weighted by Gasteiger charge is -2.32. The summed E-state index contributed by atoms with van der Waals surface area (Å²) in [6.07, 6.45) is 1.95. The topological polar surface area (TPSA) is 41.6 Å². The number of hydrogen-bond acceptors (Lipinski definition) is 3. The Balaban J connectivity index is 1.18. The summed E-state index contributed by atoms with van der Waals surface area (Å²) in [5.41, 5.74) is 3.64. The molecule has 0 atom stereocenters. The number of nitrogens with one attached hydrogen (secondary N) is 1. The highest BCUT2D eigenvalue weighted by Crippen LogP contribution is 2.22. The molecule has 0 saturated carbocycles. The number of ether oxygens (including phenoxy) is 1. The number of carbonyl (C=O) groups is 1. The van der Waals surface area contributed by atoms with Crippen LogP contribution in [-0.2, 0) is 11.3 Å². The number of benzene rings is 3. The first kappa shape index (κ1) is 20.2. The van der Waals surface area contributed by atoms with Gasteiger partial charge in [0.15, 0.2) is 6.61 Å². The predicted molar refractivity (Wildman–Crippen MR) is 120 cm³/mol. The van der Waals surface area contributed by atoms with E-state index in [-0.39, 0.29) is 18.6 Å². The van der Waals surface area contributed by atoms with Crippen molar-refractivity contribution in [2.45, 2.75) is 25.4 Å². The predicted octanol–water partition coefficient (Wildman–Crippen LogP) is 4.51. The van der Waals surface area contributed by atoms with Crippen LogP contribution in [0, 0.1) is 0 Å². The molecule has 3 aromatic carbocycles. The number of likely N-dealkylation sites (tertiary alicyclic amines) is 1. The van der Waals surface area contributed by atoms with Gasteiger partial charge in [0.2, 0.25) is 0 Å². The van der Waals surface area contributed by atoms with E-state index in [9.17, 15) is 4.79 Å². The van der Waals surface area contributed by atoms with E-state index in [0.717, 1.165) is 38.0 Å². The van der Waals surface area contributed by atoms with Gasteiger partial charge < -0.3 is 10.1 Å². The van der Waals surface area contributed by atoms with Gasteiger partial charge in [-0.1, -0.05) is 72.8 Å². The smallest absolute Gasteiger partial charge is 0.258 e. The van der Waals surface area contributed by atoms with E-state index >= 15 is 0 Å². The third-order valence-corrected chi connectivity index (χ3v) is 5.53. The van der Waals surface area contributed by atoms with E-state index in [0.29, 0.717) is 5.75 Å². The van der Waals surface area contributed by atoms with Crippen molar-refractivity contribution in [3.8, 4) is 16.9 Å². The maximum absolute atomic E-state index is 12.3. The van der Waals surface area contributed by atoms with Crippen molar-refractivity contribution in [1.82, 2.24) is 10.2 Å². The molecule has 1 heterocycles. The van der Waals surface area contributed by atoms with Gasteiger partial charge in [0.25, 0.3) is 5.91 Å². The first-order chi connectivity index (χ1) is 14.8. The molecule has 154 valence electrons. The molecule has 4 heteroatoms. The molecule has 1 fully saturated rings. The maximum atomic E-state index is 12.3. The zero-order valence-corrected chi connectivity index (χ0v) is 17.2. The molecule has 0 bridgehead atoms. The second-order valence-corrected chi connectivity index (χ2v) is 7.78. The first-order valence-electron chi connectivity index (χ1n) is 10.6. The van der Waals surface area contributed by atoms with Gasteiger partial charge in [0.05, 0.1) is 0 Å². The van der Waals surface area contributed by atoms with Crippen molar-refractivity contribution in [2.24, 2.45) is 0 Å². The summed E-state index contributed by atoms with van der Waals surface area (Å²) in [7, 11) is 0. The summed E-state index contributed by atoms with van der Waals surface area (Å²) >= 11 is 0. The molecule has 4 rings (SSSR count). The molecule has 0 aliphatic carbocycles. The van der Waals surface area contributed by atoms with Crippen LogP contribution in [0.25, 0.3) is 11.1 Å². The number of hydrogen-bond donors (Lipinski definition) is 1. The zero-order valence-electron chi connectivity index (χ0n) is 17.2. The van der Waals surface area contributed by atoms with Crippen LogP contribution in [0.5, 0.6) is 5.75 Å². The van der Waals surface area contributed by atoms with Gasteiger partial charge in [-0.2, -0.15) is 0 Å². The highest BCUT2D eigenvalue weighted by Gasteiger charge is 2.20. The zero-order chi connectivity index (χ0) is 20.6. The molecule has 1 aliphatic rings. The van der Waals surface area contributed by atoms with E-state index in [1.807, 2.05) is 48.5 Å². The van der Waals surface area contributed by atoms with Crippen molar-refractivity contribution in [1.29, 1.82) is 0 Å². The van der Waals surface area contributed by atoms with Crippen LogP contribution >= 0.6 is 0 Å². The lowest BCUT2D eigenvalue weighted by atomic mass is 10.0. The quantitative estimate of drug-likeness (QED) is 0.634.